The lowest BCUT2D eigenvalue weighted by Crippen LogP contribution is -2.29. The molecular weight excluding hydrogens is 224 g/mol. The van der Waals surface area contributed by atoms with Crippen molar-refractivity contribution in [3.05, 3.63) is 48.3 Å². The SMILES string of the molecule is COc1ccc(-c2ccc(C(C)(C)N)nc2)cc1. The molecule has 0 amide bonds. The van der Waals surface area contributed by atoms with Crippen LogP contribution in [0.3, 0.4) is 0 Å². The maximum atomic E-state index is 6.00. The Morgan fingerprint density at radius 3 is 2.06 bits per heavy atom. The Bertz CT molecular complexity index is 510. The molecule has 0 saturated carbocycles. The van der Waals surface area contributed by atoms with E-state index in [0.29, 0.717) is 0 Å². The summed E-state index contributed by atoms with van der Waals surface area (Å²) in [6, 6.07) is 11.9. The average molecular weight is 242 g/mol. The van der Waals surface area contributed by atoms with E-state index in [2.05, 4.69) is 4.98 Å². The van der Waals surface area contributed by atoms with Crippen molar-refractivity contribution in [3.63, 3.8) is 0 Å². The molecule has 2 rings (SSSR count). The van der Waals surface area contributed by atoms with Crippen molar-refractivity contribution in [1.82, 2.24) is 4.98 Å². The van der Waals surface area contributed by atoms with Crippen LogP contribution in [-0.2, 0) is 5.54 Å². The zero-order valence-electron chi connectivity index (χ0n) is 11.0. The van der Waals surface area contributed by atoms with E-state index in [-0.39, 0.29) is 0 Å². The normalized spacial score (nSPS) is 11.3. The molecule has 0 radical (unpaired) electrons. The van der Waals surface area contributed by atoms with E-state index in [4.69, 9.17) is 10.5 Å². The summed E-state index contributed by atoms with van der Waals surface area (Å²) in [5.41, 5.74) is 8.68. The number of nitrogens with two attached hydrogens (primary N) is 1. The fourth-order valence-corrected chi connectivity index (χ4v) is 1.73. The van der Waals surface area contributed by atoms with Crippen LogP contribution in [0.25, 0.3) is 11.1 Å². The van der Waals surface area contributed by atoms with Gasteiger partial charge in [0.1, 0.15) is 5.75 Å². The largest absolute Gasteiger partial charge is 0.497 e. The molecule has 0 aliphatic rings. The van der Waals surface area contributed by atoms with Crippen LogP contribution in [0.4, 0.5) is 0 Å². The van der Waals surface area contributed by atoms with E-state index in [1.54, 1.807) is 7.11 Å². The highest BCUT2D eigenvalue weighted by Crippen LogP contribution is 2.23. The van der Waals surface area contributed by atoms with Crippen LogP contribution in [0, 0.1) is 0 Å². The van der Waals surface area contributed by atoms with E-state index in [1.807, 2.05) is 56.4 Å². The van der Waals surface area contributed by atoms with Gasteiger partial charge in [0, 0.05) is 11.8 Å². The smallest absolute Gasteiger partial charge is 0.118 e. The van der Waals surface area contributed by atoms with E-state index >= 15 is 0 Å². The molecule has 0 unspecified atom stereocenters. The predicted molar refractivity (Wildman–Crippen MR) is 73.4 cm³/mol. The Balaban J connectivity index is 2.28. The van der Waals surface area contributed by atoms with Crippen molar-refractivity contribution in [3.8, 4) is 16.9 Å². The molecule has 18 heavy (non-hydrogen) atoms. The van der Waals surface area contributed by atoms with Crippen molar-refractivity contribution in [2.24, 2.45) is 5.73 Å². The van der Waals surface area contributed by atoms with Crippen LogP contribution in [0.2, 0.25) is 0 Å². The molecule has 0 fully saturated rings. The Morgan fingerprint density at radius 1 is 1.00 bits per heavy atom. The standard InChI is InChI=1S/C15H18N2O/c1-15(2,16)14-9-6-12(10-17-14)11-4-7-13(18-3)8-5-11/h4-10H,16H2,1-3H3. The van der Waals surface area contributed by atoms with Gasteiger partial charge in [-0.1, -0.05) is 18.2 Å². The Labute approximate surface area is 108 Å². The van der Waals surface area contributed by atoms with Gasteiger partial charge >= 0.3 is 0 Å². The maximum absolute atomic E-state index is 6.00. The van der Waals surface area contributed by atoms with Gasteiger partial charge in [-0.05, 0) is 37.6 Å². The first-order valence-corrected chi connectivity index (χ1v) is 5.90. The lowest BCUT2D eigenvalue weighted by Gasteiger charge is -2.17. The molecule has 1 aromatic carbocycles. The lowest BCUT2D eigenvalue weighted by molar-refractivity contribution is 0.415. The summed E-state index contributed by atoms with van der Waals surface area (Å²) >= 11 is 0. The fourth-order valence-electron chi connectivity index (χ4n) is 1.73. The fraction of sp³-hybridized carbons (Fsp3) is 0.267. The first kappa shape index (κ1) is 12.6. The van der Waals surface area contributed by atoms with Crippen molar-refractivity contribution < 1.29 is 4.74 Å². The molecule has 1 aromatic heterocycles. The third kappa shape index (κ3) is 2.68. The first-order chi connectivity index (χ1) is 8.50. The Morgan fingerprint density at radius 2 is 1.61 bits per heavy atom. The van der Waals surface area contributed by atoms with Crippen molar-refractivity contribution in [1.29, 1.82) is 0 Å². The molecule has 0 atom stereocenters. The van der Waals surface area contributed by atoms with Crippen LogP contribution < -0.4 is 10.5 Å². The number of benzene rings is 1. The summed E-state index contributed by atoms with van der Waals surface area (Å²) in [6.07, 6.45) is 1.85. The van der Waals surface area contributed by atoms with Crippen molar-refractivity contribution in [2.45, 2.75) is 19.4 Å². The first-order valence-electron chi connectivity index (χ1n) is 5.90. The monoisotopic (exact) mass is 242 g/mol. The third-order valence-corrected chi connectivity index (χ3v) is 2.85. The third-order valence-electron chi connectivity index (χ3n) is 2.85. The molecule has 94 valence electrons. The Kier molecular flexibility index (Phi) is 3.34. The van der Waals surface area contributed by atoms with Crippen molar-refractivity contribution >= 4 is 0 Å². The zero-order valence-corrected chi connectivity index (χ0v) is 11.0. The summed E-state index contributed by atoms with van der Waals surface area (Å²) in [5.74, 6) is 0.853. The minimum atomic E-state index is -0.404. The van der Waals surface area contributed by atoms with E-state index in [9.17, 15) is 0 Å². The molecule has 0 aliphatic heterocycles. The van der Waals surface area contributed by atoms with Gasteiger partial charge in [-0.3, -0.25) is 4.98 Å². The number of nitrogens with zero attached hydrogens (tertiary/aromatic N) is 1. The Hall–Kier alpha value is -1.87. The number of hydrogen-bond donors (Lipinski definition) is 1. The number of methoxy groups -OCH3 is 1. The minimum Gasteiger partial charge on any atom is -0.497 e. The predicted octanol–water partition coefficient (Wildman–Crippen LogP) is 2.95. The highest BCUT2D eigenvalue weighted by Gasteiger charge is 2.15. The van der Waals surface area contributed by atoms with Gasteiger partial charge in [0.2, 0.25) is 0 Å². The average Bonchev–Trinajstić information content (AvgIpc) is 2.38. The van der Waals surface area contributed by atoms with Crippen LogP contribution >= 0.6 is 0 Å². The number of ether oxygens (including phenoxy) is 1. The van der Waals surface area contributed by atoms with Crippen LogP contribution in [-0.4, -0.2) is 12.1 Å². The van der Waals surface area contributed by atoms with Gasteiger partial charge < -0.3 is 10.5 Å². The lowest BCUT2D eigenvalue weighted by atomic mass is 10.00. The van der Waals surface area contributed by atoms with Gasteiger partial charge in [0.15, 0.2) is 0 Å². The summed E-state index contributed by atoms with van der Waals surface area (Å²) < 4.78 is 5.14. The van der Waals surface area contributed by atoms with Gasteiger partial charge in [-0.2, -0.15) is 0 Å². The summed E-state index contributed by atoms with van der Waals surface area (Å²) in [5, 5.41) is 0. The summed E-state index contributed by atoms with van der Waals surface area (Å²) in [7, 11) is 1.66. The number of rotatable bonds is 3. The second-order valence-corrected chi connectivity index (χ2v) is 4.88. The second-order valence-electron chi connectivity index (χ2n) is 4.88. The van der Waals surface area contributed by atoms with Crippen LogP contribution in [0.15, 0.2) is 42.6 Å². The number of aromatic nitrogens is 1. The molecule has 3 nitrogen and oxygen atoms in total. The number of hydrogen-bond acceptors (Lipinski definition) is 3. The highest BCUT2D eigenvalue weighted by molar-refractivity contribution is 5.63. The maximum Gasteiger partial charge on any atom is 0.118 e. The van der Waals surface area contributed by atoms with Crippen molar-refractivity contribution in [2.75, 3.05) is 7.11 Å². The van der Waals surface area contributed by atoms with Crippen LogP contribution in [0.1, 0.15) is 19.5 Å². The molecule has 3 heteroatoms. The van der Waals surface area contributed by atoms with Gasteiger partial charge in [0.25, 0.3) is 0 Å². The topological polar surface area (TPSA) is 48.1 Å². The summed E-state index contributed by atoms with van der Waals surface area (Å²) in [4.78, 5) is 4.41. The van der Waals surface area contributed by atoms with Crippen LogP contribution in [0.5, 0.6) is 5.75 Å². The quantitative estimate of drug-likeness (QED) is 0.900. The zero-order chi connectivity index (χ0) is 13.2. The molecule has 0 aliphatic carbocycles. The van der Waals surface area contributed by atoms with Gasteiger partial charge in [0.05, 0.1) is 18.3 Å². The molecule has 0 saturated heterocycles. The van der Waals surface area contributed by atoms with E-state index < -0.39 is 5.54 Å². The molecular formula is C15H18N2O. The van der Waals surface area contributed by atoms with E-state index in [1.165, 1.54) is 0 Å². The van der Waals surface area contributed by atoms with Gasteiger partial charge in [-0.25, -0.2) is 0 Å². The second kappa shape index (κ2) is 4.78. The summed E-state index contributed by atoms with van der Waals surface area (Å²) in [6.45, 7) is 3.89. The molecule has 1 heterocycles. The van der Waals surface area contributed by atoms with E-state index in [0.717, 1.165) is 22.6 Å². The highest BCUT2D eigenvalue weighted by atomic mass is 16.5. The molecule has 2 aromatic rings. The van der Waals surface area contributed by atoms with Gasteiger partial charge in [-0.15, -0.1) is 0 Å². The molecule has 0 spiro atoms. The minimum absolute atomic E-state index is 0.404. The number of pyridine rings is 1. The molecule has 0 bridgehead atoms. The molecule has 2 N–H and O–H groups in total.